The number of carbonyl (C=O) groups is 6. The maximum atomic E-state index is 12.7. The molecule has 5 amide bonds. The first kappa shape index (κ1) is 32.8. The Hall–Kier alpha value is -3.18. The van der Waals surface area contributed by atoms with Crippen LogP contribution in [0.15, 0.2) is 0 Å². The maximum Gasteiger partial charge on any atom is 0.411 e. The van der Waals surface area contributed by atoms with E-state index in [1.807, 2.05) is 13.8 Å². The van der Waals surface area contributed by atoms with Gasteiger partial charge in [0, 0.05) is 12.5 Å². The number of nitrogens with one attached hydrogen (secondary N) is 4. The van der Waals surface area contributed by atoms with E-state index in [1.165, 1.54) is 0 Å². The predicted molar refractivity (Wildman–Crippen MR) is 141 cm³/mol. The summed E-state index contributed by atoms with van der Waals surface area (Å²) in [6.45, 7) is 12.1. The van der Waals surface area contributed by atoms with Gasteiger partial charge in [-0.25, -0.2) is 4.79 Å². The van der Waals surface area contributed by atoms with Gasteiger partial charge in [-0.2, -0.15) is 0 Å². The number of ether oxygens (including phenoxy) is 1. The Morgan fingerprint density at radius 2 is 1.61 bits per heavy atom. The van der Waals surface area contributed by atoms with Gasteiger partial charge in [0.2, 0.25) is 23.6 Å². The normalized spacial score (nSPS) is 17.0. The van der Waals surface area contributed by atoms with Crippen molar-refractivity contribution in [1.82, 2.24) is 26.2 Å². The van der Waals surface area contributed by atoms with Crippen molar-refractivity contribution >= 4 is 35.5 Å². The van der Waals surface area contributed by atoms with Crippen LogP contribution in [0.5, 0.6) is 0 Å². The number of rotatable bonds is 13. The summed E-state index contributed by atoms with van der Waals surface area (Å²) in [6.07, 6.45) is 1.66. The molecule has 0 spiro atoms. The Morgan fingerprint density at radius 1 is 1.00 bits per heavy atom. The van der Waals surface area contributed by atoms with E-state index in [2.05, 4.69) is 35.1 Å². The molecule has 38 heavy (non-hydrogen) atoms. The predicted octanol–water partition coefficient (Wildman–Crippen LogP) is 1.02. The van der Waals surface area contributed by atoms with Crippen molar-refractivity contribution in [2.45, 2.75) is 104 Å². The summed E-state index contributed by atoms with van der Waals surface area (Å²) in [5.41, 5.74) is -0.801. The molecule has 0 radical (unpaired) electrons. The number of hydrogen-bond acceptors (Lipinski definition) is 7. The zero-order chi connectivity index (χ0) is 29.0. The topological polar surface area (TPSA) is 163 Å². The third-order valence-electron chi connectivity index (χ3n) is 5.65. The Labute approximate surface area is 225 Å². The van der Waals surface area contributed by atoms with Crippen LogP contribution in [0.3, 0.4) is 0 Å². The smallest absolute Gasteiger partial charge is 0.411 e. The summed E-state index contributed by atoms with van der Waals surface area (Å²) in [7, 11) is 0. The molecule has 1 unspecified atom stereocenters. The number of carbonyl (C=O) groups excluding carboxylic acids is 6. The number of ketones is 1. The average Bonchev–Trinajstić information content (AvgIpc) is 3.18. The highest BCUT2D eigenvalue weighted by Gasteiger charge is 2.40. The lowest BCUT2D eigenvalue weighted by Crippen LogP contribution is -2.53. The van der Waals surface area contributed by atoms with Crippen LogP contribution in [0.2, 0.25) is 0 Å². The van der Waals surface area contributed by atoms with Crippen LogP contribution in [0.25, 0.3) is 0 Å². The summed E-state index contributed by atoms with van der Waals surface area (Å²) in [5, 5.41) is 10.4. The van der Waals surface area contributed by atoms with Crippen LogP contribution in [0, 0.1) is 5.92 Å². The number of likely N-dealkylation sites (tertiary alicyclic amines) is 1. The van der Waals surface area contributed by atoms with Gasteiger partial charge in [0.25, 0.3) is 0 Å². The second kappa shape index (κ2) is 15.3. The summed E-state index contributed by atoms with van der Waals surface area (Å²) in [6, 6.07) is -1.99. The molecular formula is C26H45N5O7. The molecule has 1 aliphatic rings. The third-order valence-corrected chi connectivity index (χ3v) is 5.65. The zero-order valence-electron chi connectivity index (χ0n) is 23.8. The zero-order valence-corrected chi connectivity index (χ0v) is 23.8. The van der Waals surface area contributed by atoms with Crippen molar-refractivity contribution in [3.63, 3.8) is 0 Å². The highest BCUT2D eigenvalue weighted by Crippen LogP contribution is 2.19. The number of amides is 5. The quantitative estimate of drug-likeness (QED) is 0.271. The molecule has 1 saturated heterocycles. The van der Waals surface area contributed by atoms with Gasteiger partial charge in [0.05, 0.1) is 19.6 Å². The molecule has 1 heterocycles. The van der Waals surface area contributed by atoms with Gasteiger partial charge in [-0.1, -0.05) is 33.6 Å². The molecule has 0 aliphatic carbocycles. The average molecular weight is 540 g/mol. The highest BCUT2D eigenvalue weighted by atomic mass is 16.6. The minimum Gasteiger partial charge on any atom is -0.444 e. The fraction of sp³-hybridized carbons (Fsp3) is 0.769. The van der Waals surface area contributed by atoms with Gasteiger partial charge in [-0.3, -0.25) is 28.9 Å². The van der Waals surface area contributed by atoms with Crippen LogP contribution < -0.4 is 21.3 Å². The fourth-order valence-corrected chi connectivity index (χ4v) is 4.03. The summed E-state index contributed by atoms with van der Waals surface area (Å²) in [4.78, 5) is 75.4. The summed E-state index contributed by atoms with van der Waals surface area (Å²) < 4.78 is 5.27. The van der Waals surface area contributed by atoms with Crippen molar-refractivity contribution in [2.75, 3.05) is 19.6 Å². The van der Waals surface area contributed by atoms with Crippen molar-refractivity contribution in [3.05, 3.63) is 0 Å². The van der Waals surface area contributed by atoms with E-state index in [9.17, 15) is 28.8 Å². The van der Waals surface area contributed by atoms with Crippen molar-refractivity contribution in [3.8, 4) is 0 Å². The van der Waals surface area contributed by atoms with E-state index in [1.54, 1.807) is 20.8 Å². The third kappa shape index (κ3) is 12.4. The largest absolute Gasteiger partial charge is 0.444 e. The molecule has 0 saturated carbocycles. The molecule has 216 valence electrons. The Kier molecular flexibility index (Phi) is 13.2. The van der Waals surface area contributed by atoms with Gasteiger partial charge in [0.15, 0.2) is 5.78 Å². The molecule has 4 N–H and O–H groups in total. The lowest BCUT2D eigenvalue weighted by molar-refractivity contribution is -0.131. The number of hydrogen-bond donors (Lipinski definition) is 4. The van der Waals surface area contributed by atoms with Crippen molar-refractivity contribution in [2.24, 2.45) is 5.92 Å². The molecule has 1 aliphatic heterocycles. The van der Waals surface area contributed by atoms with Crippen LogP contribution >= 0.6 is 0 Å². The molecule has 3 atom stereocenters. The number of Topliss-reactive ketones (excluding diaryl/α,β-unsaturated/α-hetero) is 1. The van der Waals surface area contributed by atoms with Gasteiger partial charge >= 0.3 is 6.09 Å². The monoisotopic (exact) mass is 539 g/mol. The lowest BCUT2D eigenvalue weighted by Gasteiger charge is -2.27. The molecule has 1 rings (SSSR count). The van der Waals surface area contributed by atoms with E-state index in [-0.39, 0.29) is 37.2 Å². The summed E-state index contributed by atoms with van der Waals surface area (Å²) in [5.74, 6) is -1.97. The number of nitrogens with zero attached hydrogens (tertiary/aromatic N) is 1. The van der Waals surface area contributed by atoms with Crippen LogP contribution in [0.1, 0.15) is 80.6 Å². The Morgan fingerprint density at radius 3 is 2.18 bits per heavy atom. The highest BCUT2D eigenvalue weighted by molar-refractivity contribution is 5.99. The first-order valence-corrected chi connectivity index (χ1v) is 13.3. The van der Waals surface area contributed by atoms with Gasteiger partial charge < -0.3 is 26.0 Å². The fourth-order valence-electron chi connectivity index (χ4n) is 4.03. The van der Waals surface area contributed by atoms with Gasteiger partial charge in [0.1, 0.15) is 17.7 Å². The molecule has 0 aromatic rings. The first-order valence-electron chi connectivity index (χ1n) is 13.3. The van der Waals surface area contributed by atoms with E-state index >= 15 is 0 Å². The minimum absolute atomic E-state index is 0.0278. The van der Waals surface area contributed by atoms with E-state index in [0.717, 1.165) is 17.7 Å². The van der Waals surface area contributed by atoms with Crippen LogP contribution in [0.4, 0.5) is 4.79 Å². The maximum absolute atomic E-state index is 12.7. The molecule has 0 bridgehead atoms. The van der Waals surface area contributed by atoms with Gasteiger partial charge in [-0.15, -0.1) is 0 Å². The minimum atomic E-state index is -1.08. The van der Waals surface area contributed by atoms with Crippen LogP contribution in [-0.2, 0) is 28.7 Å². The van der Waals surface area contributed by atoms with Crippen LogP contribution in [-0.4, -0.2) is 83.8 Å². The first-order chi connectivity index (χ1) is 17.6. The van der Waals surface area contributed by atoms with Crippen molar-refractivity contribution < 1.29 is 33.5 Å². The molecule has 0 aromatic carbocycles. The lowest BCUT2D eigenvalue weighted by atomic mass is 10.1. The Bertz CT molecular complexity index is 869. The van der Waals surface area contributed by atoms with Gasteiger partial charge in [-0.05, 0) is 46.5 Å². The SMILES string of the molecule is CCCC[C@H](NC(=O)CNC(=O)C1CC(=O)CN1C(=O)OC(C)(C)C)C(=O)NCC(=O)N[C@H](C)CC(C)C. The second-order valence-corrected chi connectivity index (χ2v) is 11.2. The van der Waals surface area contributed by atoms with E-state index < -0.39 is 48.0 Å². The van der Waals surface area contributed by atoms with E-state index in [4.69, 9.17) is 4.74 Å². The Balaban J connectivity index is 2.64. The molecule has 1 fully saturated rings. The molecule has 0 aromatic heterocycles. The number of unbranched alkanes of at least 4 members (excludes halogenated alkanes) is 1. The van der Waals surface area contributed by atoms with E-state index in [0.29, 0.717) is 18.8 Å². The second-order valence-electron chi connectivity index (χ2n) is 11.2. The van der Waals surface area contributed by atoms with Crippen molar-refractivity contribution in [1.29, 1.82) is 0 Å². The molecule has 12 nitrogen and oxygen atoms in total. The molecular weight excluding hydrogens is 494 g/mol. The standard InChI is InChI=1S/C26H45N5O7/c1-8-9-10-19(23(35)27-13-21(33)29-17(4)11-16(2)3)30-22(34)14-28-24(36)20-12-18(32)15-31(20)25(37)38-26(5,6)7/h16-17,19-20H,8-15H2,1-7H3,(H,27,35)(H,28,36)(H,29,33)(H,30,34)/t17-,19+,20?/m1/s1. The molecule has 12 heteroatoms. The summed E-state index contributed by atoms with van der Waals surface area (Å²) >= 11 is 0.